The smallest absolute Gasteiger partial charge is 0.332 e. The van der Waals surface area contributed by atoms with Crippen molar-refractivity contribution in [2.75, 3.05) is 0 Å². The van der Waals surface area contributed by atoms with E-state index >= 15 is 0 Å². The molecular weight excluding hydrogens is 1030 g/mol. The average molecular weight is 1140 g/mol. The van der Waals surface area contributed by atoms with Crippen molar-refractivity contribution in [2.24, 2.45) is 11.3 Å². The Morgan fingerprint density at radius 2 is 0.582 bits per heavy atom. The van der Waals surface area contributed by atoms with Crippen molar-refractivity contribution in [1.82, 2.24) is 0 Å². The summed E-state index contributed by atoms with van der Waals surface area (Å²) in [5, 5.41) is -2.24. The third-order valence-electron chi connectivity index (χ3n) is 14.3. The van der Waals surface area contributed by atoms with Crippen LogP contribution in [-0.4, -0.2) is 54.0 Å². The van der Waals surface area contributed by atoms with Crippen LogP contribution >= 0.6 is 0 Å². The third kappa shape index (κ3) is 32.9. The number of esters is 6. The summed E-state index contributed by atoms with van der Waals surface area (Å²) < 4.78 is 74.3. The van der Waals surface area contributed by atoms with Gasteiger partial charge in [-0.25, -0.2) is 0 Å². The van der Waals surface area contributed by atoms with E-state index in [0.29, 0.717) is 70.6 Å². The number of rotatable bonds is 49. The predicted octanol–water partition coefficient (Wildman–Crippen LogP) is 17.4. The van der Waals surface area contributed by atoms with Crippen molar-refractivity contribution >= 4 is 45.9 Å². The van der Waals surface area contributed by atoms with E-state index in [1.165, 1.54) is 6.92 Å². The molecule has 79 heavy (non-hydrogen) atoms. The van der Waals surface area contributed by atoms with Gasteiger partial charge < -0.3 is 28.4 Å². The zero-order chi connectivity index (χ0) is 58.9. The van der Waals surface area contributed by atoms with Gasteiger partial charge in [0.2, 0.25) is 34.5 Å². The highest BCUT2D eigenvalue weighted by Gasteiger charge is 2.44. The van der Waals surface area contributed by atoms with Crippen molar-refractivity contribution < 1.29 is 70.2 Å². The predicted molar refractivity (Wildman–Crippen MR) is 313 cm³/mol. The largest absolute Gasteiger partial charge is 0.418 e. The lowest BCUT2D eigenvalue weighted by Gasteiger charge is -2.30. The molecule has 0 heterocycles. The van der Waals surface area contributed by atoms with Gasteiger partial charge in [-0.15, -0.1) is 0 Å². The van der Waals surface area contributed by atoms with Crippen molar-refractivity contribution in [3.63, 3.8) is 0 Å². The molecule has 15 nitrogen and oxygen atoms in total. The molecule has 1 N–H and O–H groups in total. The summed E-state index contributed by atoms with van der Waals surface area (Å²) in [5.74, 6) is -11.9. The van der Waals surface area contributed by atoms with Gasteiger partial charge in [-0.2, -0.15) is 8.42 Å². The Morgan fingerprint density at radius 1 is 0.367 bits per heavy atom. The molecule has 0 saturated carbocycles. The van der Waals surface area contributed by atoms with Crippen LogP contribution in [0.5, 0.6) is 34.5 Å². The molecule has 0 aromatic heterocycles. The van der Waals surface area contributed by atoms with Crippen LogP contribution in [0.15, 0.2) is 0 Å². The van der Waals surface area contributed by atoms with Gasteiger partial charge >= 0.3 is 35.8 Å². The van der Waals surface area contributed by atoms with E-state index in [1.54, 1.807) is 0 Å². The van der Waals surface area contributed by atoms with Gasteiger partial charge in [-0.3, -0.25) is 33.3 Å². The van der Waals surface area contributed by atoms with Crippen LogP contribution in [-0.2, 0) is 38.9 Å². The van der Waals surface area contributed by atoms with Crippen LogP contribution in [0.25, 0.3) is 0 Å². The number of benzene rings is 1. The molecule has 0 fully saturated rings. The second-order valence-electron chi connectivity index (χ2n) is 22.7. The Labute approximate surface area is 478 Å². The Hall–Kier alpha value is -4.05. The maximum atomic E-state index is 14.9. The van der Waals surface area contributed by atoms with Gasteiger partial charge in [0.05, 0.1) is 0 Å². The van der Waals surface area contributed by atoms with E-state index in [9.17, 15) is 41.7 Å². The number of hydrogen-bond donors (Lipinski definition) is 1. The van der Waals surface area contributed by atoms with E-state index < -0.39 is 97.0 Å². The fourth-order valence-electron chi connectivity index (χ4n) is 9.79. The molecule has 0 radical (unpaired) electrons. The first kappa shape index (κ1) is 73.0. The summed E-state index contributed by atoms with van der Waals surface area (Å²) in [6, 6.07) is 0. The van der Waals surface area contributed by atoms with Crippen LogP contribution in [0.2, 0.25) is 0 Å². The maximum absolute atomic E-state index is 14.9. The monoisotopic (exact) mass is 1140 g/mol. The summed E-state index contributed by atoms with van der Waals surface area (Å²) in [6.07, 6.45) is 26.2. The van der Waals surface area contributed by atoms with Crippen molar-refractivity contribution in [3.05, 3.63) is 0 Å². The van der Waals surface area contributed by atoms with Crippen LogP contribution < -0.4 is 28.4 Å². The normalized spacial score (nSPS) is 12.4. The minimum absolute atomic E-state index is 0.137. The van der Waals surface area contributed by atoms with Crippen LogP contribution in [0.1, 0.15) is 313 Å². The SMILES string of the molecule is CCCCCCCCC(=O)Oc1c(OC(=O)CCCCCCCC)c(OC(=O)CCCCCCCC)c(OC(=O)C(C(C)CC(C)(C)CCCC)S(=O)(=O)O)c(OC(=O)CCCCCCCC)c1OC(=O)CCCCCCCC. The summed E-state index contributed by atoms with van der Waals surface area (Å²) >= 11 is 0. The van der Waals surface area contributed by atoms with Gasteiger partial charge in [-0.05, 0) is 56.3 Å². The van der Waals surface area contributed by atoms with Gasteiger partial charge in [0.25, 0.3) is 10.1 Å². The minimum atomic E-state index is -5.26. The molecule has 0 saturated heterocycles. The second-order valence-corrected chi connectivity index (χ2v) is 24.3. The fraction of sp³-hybridized carbons (Fsp3) is 0.810. The molecule has 0 spiro atoms. The van der Waals surface area contributed by atoms with Crippen LogP contribution in [0, 0.1) is 11.3 Å². The topological polar surface area (TPSA) is 212 Å². The summed E-state index contributed by atoms with van der Waals surface area (Å²) in [4.78, 5) is 85.8. The van der Waals surface area contributed by atoms with Crippen molar-refractivity contribution in [3.8, 4) is 34.5 Å². The van der Waals surface area contributed by atoms with E-state index in [-0.39, 0.29) is 38.5 Å². The van der Waals surface area contributed by atoms with Crippen LogP contribution in [0.3, 0.4) is 0 Å². The minimum Gasteiger partial charge on any atom is -0.418 e. The summed E-state index contributed by atoms with van der Waals surface area (Å²) in [6.45, 7) is 17.9. The molecule has 1 aromatic carbocycles. The molecule has 2 atom stereocenters. The first-order valence-electron chi connectivity index (χ1n) is 31.3. The lowest BCUT2D eigenvalue weighted by Crippen LogP contribution is -2.40. The molecule has 0 aliphatic heterocycles. The second kappa shape index (κ2) is 43.7. The highest BCUT2D eigenvalue weighted by molar-refractivity contribution is 7.87. The highest BCUT2D eigenvalue weighted by Crippen LogP contribution is 2.59. The molecule has 2 unspecified atom stereocenters. The summed E-state index contributed by atoms with van der Waals surface area (Å²) in [7, 11) is -5.26. The Morgan fingerprint density at radius 3 is 0.810 bits per heavy atom. The molecule has 0 aliphatic rings. The zero-order valence-electron chi connectivity index (χ0n) is 50.8. The van der Waals surface area contributed by atoms with Gasteiger partial charge in [-0.1, -0.05) is 236 Å². The number of hydrogen-bond acceptors (Lipinski definition) is 14. The quantitative estimate of drug-likeness (QED) is 0.0278. The van der Waals surface area contributed by atoms with E-state index in [0.717, 1.165) is 141 Å². The number of carbonyl (C=O) groups excluding carboxylic acids is 6. The average Bonchev–Trinajstić information content (AvgIpc) is 3.44. The van der Waals surface area contributed by atoms with Crippen LogP contribution in [0.4, 0.5) is 0 Å². The van der Waals surface area contributed by atoms with Gasteiger partial charge in [0.1, 0.15) is 0 Å². The van der Waals surface area contributed by atoms with Crippen molar-refractivity contribution in [2.45, 2.75) is 318 Å². The number of carbonyl (C=O) groups is 6. The maximum Gasteiger partial charge on any atom is 0.332 e. The lowest BCUT2D eigenvalue weighted by atomic mass is 9.78. The first-order valence-corrected chi connectivity index (χ1v) is 32.8. The van der Waals surface area contributed by atoms with E-state index in [4.69, 9.17) is 28.4 Å². The molecule has 0 amide bonds. The fourth-order valence-corrected chi connectivity index (χ4v) is 10.8. The van der Waals surface area contributed by atoms with Gasteiger partial charge in [0.15, 0.2) is 5.25 Å². The Balaban J connectivity index is 4.58. The number of unbranched alkanes of at least 4 members (excludes halogenated alkanes) is 26. The van der Waals surface area contributed by atoms with Gasteiger partial charge in [0, 0.05) is 32.1 Å². The van der Waals surface area contributed by atoms with E-state index in [1.807, 2.05) is 20.8 Å². The summed E-state index contributed by atoms with van der Waals surface area (Å²) in [5.41, 5.74) is -0.497. The highest BCUT2D eigenvalue weighted by atomic mass is 32.2. The number of ether oxygens (including phenoxy) is 6. The standard InChI is InChI=1S/C63H108O15S/c1-10-16-22-27-32-37-42-50(64)73-55-56(74-51(65)43-38-33-28-23-17-11-2)58(76-53(67)45-40-35-30-25-19-13-4)60(78-62(69)61(79(70,71)72)49(7)48-63(8,9)47-21-15-6)59(77-54(68)46-41-36-31-26-20-14-5)57(55)75-52(66)44-39-34-29-24-18-12-3/h49,61H,10-48H2,1-9H3,(H,70,71,72). The first-order chi connectivity index (χ1) is 37.8. The molecular formula is C63H108O15S. The Bertz CT molecular complexity index is 1930. The molecule has 0 bridgehead atoms. The molecule has 1 aromatic rings. The molecule has 16 heteroatoms. The third-order valence-corrected chi connectivity index (χ3v) is 15.6. The van der Waals surface area contributed by atoms with E-state index in [2.05, 4.69) is 34.6 Å². The molecule has 0 aliphatic carbocycles. The molecule has 456 valence electrons. The van der Waals surface area contributed by atoms with Crippen molar-refractivity contribution in [1.29, 1.82) is 0 Å². The Kier molecular flexibility index (Phi) is 40.3. The zero-order valence-corrected chi connectivity index (χ0v) is 51.6. The lowest BCUT2D eigenvalue weighted by molar-refractivity contribution is -0.140. The molecule has 1 rings (SSSR count).